The molecule has 19 heavy (non-hydrogen) atoms. The first-order valence-corrected chi connectivity index (χ1v) is 7.54. The van der Waals surface area contributed by atoms with Gasteiger partial charge in [0.2, 0.25) is 0 Å². The van der Waals surface area contributed by atoms with Crippen molar-refractivity contribution in [2.24, 2.45) is 0 Å². The summed E-state index contributed by atoms with van der Waals surface area (Å²) in [4.78, 5) is 2.57. The fraction of sp³-hybridized carbons (Fsp3) is 0.923. The molecule has 0 aromatic carbocycles. The predicted molar refractivity (Wildman–Crippen MR) is 72.7 cm³/mol. The largest absolute Gasteiger partial charge is 0.320 e. The number of nitrogens with zero attached hydrogens (tertiary/aromatic N) is 5. The summed E-state index contributed by atoms with van der Waals surface area (Å²) in [5.41, 5.74) is 0. The van der Waals surface area contributed by atoms with Crippen LogP contribution in [0.15, 0.2) is 0 Å². The molecule has 1 saturated carbocycles. The molecule has 0 amide bonds. The van der Waals surface area contributed by atoms with Crippen LogP contribution < -0.4 is 5.32 Å². The second-order valence-electron chi connectivity index (χ2n) is 5.78. The third kappa shape index (κ3) is 3.12. The molecule has 1 aromatic heterocycles. The molecule has 106 valence electrons. The summed E-state index contributed by atoms with van der Waals surface area (Å²) in [6.45, 7) is 3.19. The summed E-state index contributed by atoms with van der Waals surface area (Å²) < 4.78 is 2.05. The highest BCUT2D eigenvalue weighted by Gasteiger charge is 2.30. The average molecular weight is 264 g/mol. The molecule has 6 heteroatoms. The maximum atomic E-state index is 4.23. The monoisotopic (exact) mass is 264 g/mol. The van der Waals surface area contributed by atoms with Crippen LogP contribution in [-0.4, -0.2) is 51.3 Å². The summed E-state index contributed by atoms with van der Waals surface area (Å²) in [5.74, 6) is 1.05. The van der Waals surface area contributed by atoms with Crippen LogP contribution in [0.25, 0.3) is 0 Å². The van der Waals surface area contributed by atoms with Crippen LogP contribution in [0.2, 0.25) is 0 Å². The zero-order chi connectivity index (χ0) is 13.1. The lowest BCUT2D eigenvalue weighted by atomic mass is 9.99. The van der Waals surface area contributed by atoms with Gasteiger partial charge >= 0.3 is 0 Å². The Labute approximate surface area is 114 Å². The fourth-order valence-corrected chi connectivity index (χ4v) is 3.01. The van der Waals surface area contributed by atoms with Gasteiger partial charge in [0.1, 0.15) is 0 Å². The lowest BCUT2D eigenvalue weighted by molar-refractivity contribution is 0.127. The molecule has 0 bridgehead atoms. The van der Waals surface area contributed by atoms with E-state index in [0.29, 0.717) is 12.1 Å². The first-order chi connectivity index (χ1) is 9.38. The molecule has 1 atom stereocenters. The molecule has 1 saturated heterocycles. The molecule has 0 spiro atoms. The van der Waals surface area contributed by atoms with Crippen molar-refractivity contribution >= 4 is 0 Å². The van der Waals surface area contributed by atoms with Crippen molar-refractivity contribution in [2.45, 2.75) is 57.2 Å². The number of nitrogens with one attached hydrogen (secondary N) is 1. The minimum Gasteiger partial charge on any atom is -0.320 e. The van der Waals surface area contributed by atoms with Crippen molar-refractivity contribution in [3.05, 3.63) is 5.82 Å². The molecule has 1 aliphatic carbocycles. The second-order valence-corrected chi connectivity index (χ2v) is 5.78. The van der Waals surface area contributed by atoms with Crippen LogP contribution in [0.3, 0.4) is 0 Å². The maximum absolute atomic E-state index is 4.23. The van der Waals surface area contributed by atoms with Crippen LogP contribution in [0.1, 0.15) is 50.4 Å². The fourth-order valence-electron chi connectivity index (χ4n) is 3.01. The smallest absolute Gasteiger partial charge is 0.165 e. The van der Waals surface area contributed by atoms with E-state index in [1.807, 2.05) is 11.7 Å². The second kappa shape index (κ2) is 5.96. The van der Waals surface area contributed by atoms with E-state index in [2.05, 4.69) is 25.7 Å². The number of hydrogen-bond donors (Lipinski definition) is 1. The van der Waals surface area contributed by atoms with Gasteiger partial charge in [-0.2, -0.15) is 0 Å². The SMILES string of the molecule is CNCCC1CCCCN1Cc1nnnn1C1CC1. The Bertz CT molecular complexity index is 400. The molecule has 2 fully saturated rings. The Morgan fingerprint density at radius 2 is 2.16 bits per heavy atom. The highest BCUT2D eigenvalue weighted by Crippen LogP contribution is 2.34. The van der Waals surface area contributed by atoms with Crippen molar-refractivity contribution in [1.82, 2.24) is 30.4 Å². The van der Waals surface area contributed by atoms with Gasteiger partial charge < -0.3 is 5.32 Å². The summed E-state index contributed by atoms with van der Waals surface area (Å²) in [6.07, 6.45) is 7.68. The molecule has 1 aromatic rings. The van der Waals surface area contributed by atoms with Crippen LogP contribution in [0.5, 0.6) is 0 Å². The molecule has 2 aliphatic rings. The topological polar surface area (TPSA) is 58.9 Å². The van der Waals surface area contributed by atoms with E-state index >= 15 is 0 Å². The van der Waals surface area contributed by atoms with E-state index in [9.17, 15) is 0 Å². The molecule has 2 heterocycles. The van der Waals surface area contributed by atoms with Gasteiger partial charge in [-0.05, 0) is 62.7 Å². The summed E-state index contributed by atoms with van der Waals surface area (Å²) >= 11 is 0. The average Bonchev–Trinajstić information content (AvgIpc) is 3.18. The molecule has 6 nitrogen and oxygen atoms in total. The summed E-state index contributed by atoms with van der Waals surface area (Å²) in [6, 6.07) is 1.26. The van der Waals surface area contributed by atoms with Crippen LogP contribution in [0.4, 0.5) is 0 Å². The highest BCUT2D eigenvalue weighted by atomic mass is 15.6. The first-order valence-electron chi connectivity index (χ1n) is 7.54. The molecule has 1 N–H and O–H groups in total. The molecule has 3 rings (SSSR count). The summed E-state index contributed by atoms with van der Waals surface area (Å²) in [5, 5.41) is 15.5. The Morgan fingerprint density at radius 3 is 2.95 bits per heavy atom. The zero-order valence-corrected chi connectivity index (χ0v) is 11.8. The van der Waals surface area contributed by atoms with Gasteiger partial charge in [-0.3, -0.25) is 4.90 Å². The van der Waals surface area contributed by atoms with Gasteiger partial charge in [-0.15, -0.1) is 5.10 Å². The van der Waals surface area contributed by atoms with Gasteiger partial charge in [-0.1, -0.05) is 6.42 Å². The van der Waals surface area contributed by atoms with E-state index in [0.717, 1.165) is 18.9 Å². The predicted octanol–water partition coefficient (Wildman–Crippen LogP) is 0.972. The molecule has 1 aliphatic heterocycles. The number of likely N-dealkylation sites (tertiary alicyclic amines) is 1. The molecule has 0 radical (unpaired) electrons. The van der Waals surface area contributed by atoms with Crippen molar-refractivity contribution < 1.29 is 0 Å². The van der Waals surface area contributed by atoms with Crippen molar-refractivity contribution in [3.63, 3.8) is 0 Å². The third-order valence-electron chi connectivity index (χ3n) is 4.27. The normalized spacial score (nSPS) is 24.8. The number of piperidine rings is 1. The number of hydrogen-bond acceptors (Lipinski definition) is 5. The standard InChI is InChI=1S/C13H24N6/c1-14-8-7-11-4-2-3-9-18(11)10-13-15-16-17-19(13)12-5-6-12/h11-12,14H,2-10H2,1H3. The molecular weight excluding hydrogens is 240 g/mol. The van der Waals surface area contributed by atoms with Crippen molar-refractivity contribution in [3.8, 4) is 0 Å². The number of tetrazole rings is 1. The zero-order valence-electron chi connectivity index (χ0n) is 11.8. The third-order valence-corrected chi connectivity index (χ3v) is 4.27. The molecular formula is C13H24N6. The Hall–Kier alpha value is -1.01. The lowest BCUT2D eigenvalue weighted by Crippen LogP contribution is -2.41. The first kappa shape index (κ1) is 13.0. The maximum Gasteiger partial charge on any atom is 0.165 e. The van der Waals surface area contributed by atoms with E-state index in [1.54, 1.807) is 0 Å². The number of aromatic nitrogens is 4. The number of rotatable bonds is 6. The van der Waals surface area contributed by atoms with E-state index in [-0.39, 0.29) is 0 Å². The van der Waals surface area contributed by atoms with E-state index in [1.165, 1.54) is 45.1 Å². The quantitative estimate of drug-likeness (QED) is 0.829. The Balaban J connectivity index is 1.63. The van der Waals surface area contributed by atoms with Gasteiger partial charge in [0.05, 0.1) is 12.6 Å². The van der Waals surface area contributed by atoms with Gasteiger partial charge in [-0.25, -0.2) is 4.68 Å². The van der Waals surface area contributed by atoms with Crippen molar-refractivity contribution in [2.75, 3.05) is 20.1 Å². The Kier molecular flexibility index (Phi) is 4.08. The lowest BCUT2D eigenvalue weighted by Gasteiger charge is -2.35. The van der Waals surface area contributed by atoms with E-state index < -0.39 is 0 Å². The summed E-state index contributed by atoms with van der Waals surface area (Å²) in [7, 11) is 2.03. The van der Waals surface area contributed by atoms with E-state index in [4.69, 9.17) is 0 Å². The minimum atomic E-state index is 0.575. The Morgan fingerprint density at radius 1 is 1.26 bits per heavy atom. The van der Waals surface area contributed by atoms with Gasteiger partial charge in [0.15, 0.2) is 5.82 Å². The highest BCUT2D eigenvalue weighted by molar-refractivity contribution is 4.92. The van der Waals surface area contributed by atoms with Gasteiger partial charge in [0, 0.05) is 6.04 Å². The van der Waals surface area contributed by atoms with Gasteiger partial charge in [0.25, 0.3) is 0 Å². The van der Waals surface area contributed by atoms with Crippen molar-refractivity contribution in [1.29, 1.82) is 0 Å². The molecule has 1 unspecified atom stereocenters. The minimum absolute atomic E-state index is 0.575. The van der Waals surface area contributed by atoms with Crippen LogP contribution >= 0.6 is 0 Å². The van der Waals surface area contributed by atoms with Crippen LogP contribution in [-0.2, 0) is 6.54 Å². The van der Waals surface area contributed by atoms with Crippen LogP contribution in [0, 0.1) is 0 Å².